The number of allylic oxidation sites excluding steroid dienone is 2. The Morgan fingerprint density at radius 1 is 0.976 bits per heavy atom. The maximum absolute atomic E-state index is 13.3. The van der Waals surface area contributed by atoms with Gasteiger partial charge in [0, 0.05) is 34.6 Å². The van der Waals surface area contributed by atoms with Gasteiger partial charge in [-0.2, -0.15) is 5.10 Å². The first kappa shape index (κ1) is 28.1. The van der Waals surface area contributed by atoms with Crippen molar-refractivity contribution in [1.29, 1.82) is 0 Å². The highest BCUT2D eigenvalue weighted by Gasteiger charge is 2.70. The first-order valence-corrected chi connectivity index (χ1v) is 16.2. The number of carboxylic acids is 1. The molecular formula is C35H49N5O2. The van der Waals surface area contributed by atoms with Crippen LogP contribution in [0.2, 0.25) is 0 Å². The smallest absolute Gasteiger partial charge is 0.310 e. The van der Waals surface area contributed by atoms with Gasteiger partial charge in [-0.1, -0.05) is 54.0 Å². The van der Waals surface area contributed by atoms with E-state index in [1.807, 2.05) is 12.4 Å². The molecule has 0 aromatic carbocycles. The number of aliphatic carboxylic acids is 1. The number of hydrogen-bond donors (Lipinski definition) is 3. The van der Waals surface area contributed by atoms with Crippen LogP contribution in [-0.4, -0.2) is 31.2 Å². The molecule has 3 fully saturated rings. The van der Waals surface area contributed by atoms with Crippen molar-refractivity contribution in [2.45, 2.75) is 112 Å². The summed E-state index contributed by atoms with van der Waals surface area (Å²) in [5.74, 6) is 0.969. The third kappa shape index (κ3) is 3.34. The van der Waals surface area contributed by atoms with Crippen LogP contribution >= 0.6 is 0 Å². The maximum atomic E-state index is 13.3. The Bertz CT molecular complexity index is 1490. The van der Waals surface area contributed by atoms with Gasteiger partial charge in [-0.15, -0.1) is 0 Å². The SMILES string of the molecule is CC1(C)CC[C@]2(C(=O)O)CC[C@]3(C)C(=C(c4cncnc4)CC4[C@@]5(C)Cc6c(N)n[nH]c6C(C)(C)C5CC[C@]43C)C2C1. The zero-order valence-electron chi connectivity index (χ0n) is 26.6. The minimum absolute atomic E-state index is 0.0179. The van der Waals surface area contributed by atoms with Crippen molar-refractivity contribution in [2.75, 3.05) is 5.73 Å². The molecule has 5 aliphatic rings. The highest BCUT2D eigenvalue weighted by molar-refractivity contribution is 5.80. The molecule has 2 aromatic heterocycles. The molecule has 0 saturated heterocycles. The van der Waals surface area contributed by atoms with Gasteiger partial charge >= 0.3 is 5.97 Å². The second-order valence-electron chi connectivity index (χ2n) is 16.9. The highest BCUT2D eigenvalue weighted by atomic mass is 16.4. The summed E-state index contributed by atoms with van der Waals surface area (Å²) < 4.78 is 0. The molecule has 7 atom stereocenters. The first-order valence-electron chi connectivity index (χ1n) is 16.2. The molecule has 7 heteroatoms. The molecule has 42 heavy (non-hydrogen) atoms. The number of aromatic nitrogens is 4. The number of rotatable bonds is 2. The Balaban J connectivity index is 1.48. The minimum atomic E-state index is -0.692. The number of nitrogen functional groups attached to an aromatic ring is 1. The summed E-state index contributed by atoms with van der Waals surface area (Å²) in [6.07, 6.45) is 14.0. The minimum Gasteiger partial charge on any atom is -0.481 e. The lowest BCUT2D eigenvalue weighted by Crippen LogP contribution is -2.65. The van der Waals surface area contributed by atoms with E-state index in [-0.39, 0.29) is 33.0 Å². The van der Waals surface area contributed by atoms with Gasteiger partial charge in [0.25, 0.3) is 0 Å². The molecule has 226 valence electrons. The van der Waals surface area contributed by atoms with E-state index in [1.54, 1.807) is 6.33 Å². The molecule has 2 heterocycles. The number of hydrogen-bond acceptors (Lipinski definition) is 5. The van der Waals surface area contributed by atoms with E-state index in [4.69, 9.17) is 5.73 Å². The Kier molecular flexibility index (Phi) is 5.67. The molecule has 3 saturated carbocycles. The van der Waals surface area contributed by atoms with Gasteiger partial charge in [0.2, 0.25) is 0 Å². The average molecular weight is 572 g/mol. The van der Waals surface area contributed by atoms with E-state index in [0.717, 1.165) is 63.4 Å². The van der Waals surface area contributed by atoms with E-state index in [0.29, 0.717) is 17.7 Å². The van der Waals surface area contributed by atoms with Crippen LogP contribution < -0.4 is 5.73 Å². The van der Waals surface area contributed by atoms with E-state index in [9.17, 15) is 9.90 Å². The van der Waals surface area contributed by atoms with Crippen molar-refractivity contribution >= 4 is 17.4 Å². The van der Waals surface area contributed by atoms with E-state index >= 15 is 0 Å². The summed E-state index contributed by atoms with van der Waals surface area (Å²) in [6, 6.07) is 0. The lowest BCUT2D eigenvalue weighted by molar-refractivity contribution is -0.175. The summed E-state index contributed by atoms with van der Waals surface area (Å²) in [6.45, 7) is 17.1. The number of nitrogens with zero attached hydrogens (tertiary/aromatic N) is 3. The topological polar surface area (TPSA) is 118 Å². The largest absolute Gasteiger partial charge is 0.481 e. The summed E-state index contributed by atoms with van der Waals surface area (Å²) >= 11 is 0. The highest BCUT2D eigenvalue weighted by Crippen LogP contribution is 2.77. The Hall–Kier alpha value is -2.70. The monoisotopic (exact) mass is 571 g/mol. The molecule has 0 amide bonds. The van der Waals surface area contributed by atoms with Gasteiger partial charge in [0.15, 0.2) is 0 Å². The van der Waals surface area contributed by atoms with Crippen molar-refractivity contribution in [3.05, 3.63) is 41.1 Å². The summed E-state index contributed by atoms with van der Waals surface area (Å²) in [7, 11) is 0. The van der Waals surface area contributed by atoms with Crippen molar-refractivity contribution in [3.63, 3.8) is 0 Å². The number of anilines is 1. The second-order valence-corrected chi connectivity index (χ2v) is 16.9. The molecular weight excluding hydrogens is 522 g/mol. The van der Waals surface area contributed by atoms with Crippen LogP contribution in [0.5, 0.6) is 0 Å². The normalized spacial score (nSPS) is 41.5. The lowest BCUT2D eigenvalue weighted by Gasteiger charge is -2.71. The molecule has 2 aromatic rings. The van der Waals surface area contributed by atoms with Gasteiger partial charge in [-0.25, -0.2) is 9.97 Å². The fraction of sp³-hybridized carbons (Fsp3) is 0.714. The molecule has 4 N–H and O–H groups in total. The predicted molar refractivity (Wildman–Crippen MR) is 164 cm³/mol. The predicted octanol–water partition coefficient (Wildman–Crippen LogP) is 7.21. The maximum Gasteiger partial charge on any atom is 0.310 e. The number of fused-ring (bicyclic) bond motifs is 8. The van der Waals surface area contributed by atoms with Crippen LogP contribution in [0.3, 0.4) is 0 Å². The van der Waals surface area contributed by atoms with Crippen molar-refractivity contribution in [3.8, 4) is 0 Å². The molecule has 7 nitrogen and oxygen atoms in total. The molecule has 3 unspecified atom stereocenters. The van der Waals surface area contributed by atoms with Crippen LogP contribution in [0.4, 0.5) is 5.82 Å². The van der Waals surface area contributed by atoms with Gasteiger partial charge in [-0.05, 0) is 103 Å². The Morgan fingerprint density at radius 2 is 1.67 bits per heavy atom. The van der Waals surface area contributed by atoms with Gasteiger partial charge in [-0.3, -0.25) is 9.89 Å². The number of nitrogens with one attached hydrogen (secondary N) is 1. The van der Waals surface area contributed by atoms with Crippen LogP contribution in [0.15, 0.2) is 24.3 Å². The van der Waals surface area contributed by atoms with E-state index in [2.05, 4.69) is 68.6 Å². The number of carboxylic acid groups (broad SMARTS) is 1. The molecule has 0 radical (unpaired) electrons. The van der Waals surface area contributed by atoms with Crippen molar-refractivity contribution in [1.82, 2.24) is 20.2 Å². The number of nitrogens with two attached hydrogens (primary N) is 1. The van der Waals surface area contributed by atoms with Crippen LogP contribution in [0, 0.1) is 44.8 Å². The summed E-state index contributed by atoms with van der Waals surface area (Å²) in [5.41, 5.74) is 12.1. The molecule has 0 aliphatic heterocycles. The quantitative estimate of drug-likeness (QED) is 0.351. The fourth-order valence-corrected chi connectivity index (χ4v) is 11.9. The van der Waals surface area contributed by atoms with E-state index in [1.165, 1.54) is 22.4 Å². The number of carbonyl (C=O) groups is 1. The third-order valence-corrected chi connectivity index (χ3v) is 14.3. The van der Waals surface area contributed by atoms with Gasteiger partial charge < -0.3 is 10.8 Å². The lowest BCUT2D eigenvalue weighted by atomic mass is 9.33. The molecule has 7 rings (SSSR count). The zero-order valence-corrected chi connectivity index (χ0v) is 26.6. The van der Waals surface area contributed by atoms with Crippen molar-refractivity contribution in [2.24, 2.45) is 44.8 Å². The number of H-pyrrole nitrogens is 1. The molecule has 0 bridgehead atoms. The first-order chi connectivity index (χ1) is 19.6. The molecule has 5 aliphatic carbocycles. The average Bonchev–Trinajstić information content (AvgIpc) is 3.29. The van der Waals surface area contributed by atoms with Crippen LogP contribution in [-0.2, 0) is 16.6 Å². The van der Waals surface area contributed by atoms with Crippen molar-refractivity contribution < 1.29 is 9.90 Å². The van der Waals surface area contributed by atoms with Gasteiger partial charge in [0.05, 0.1) is 5.41 Å². The summed E-state index contributed by atoms with van der Waals surface area (Å²) in [5, 5.41) is 18.7. The second kappa shape index (κ2) is 8.47. The summed E-state index contributed by atoms with van der Waals surface area (Å²) in [4.78, 5) is 22.3. The van der Waals surface area contributed by atoms with E-state index < -0.39 is 11.4 Å². The molecule has 0 spiro atoms. The zero-order chi connectivity index (χ0) is 30.1. The third-order valence-electron chi connectivity index (χ3n) is 14.3. The Morgan fingerprint density at radius 3 is 2.36 bits per heavy atom. The van der Waals surface area contributed by atoms with Crippen LogP contribution in [0.25, 0.3) is 5.57 Å². The fourth-order valence-electron chi connectivity index (χ4n) is 11.9. The Labute approximate surface area is 250 Å². The van der Waals surface area contributed by atoms with Gasteiger partial charge in [0.1, 0.15) is 12.1 Å². The number of aromatic amines is 1. The standard InChI is InChI=1S/C35H49N5O2/c1-30(2)10-12-35(29(41)42)13-11-34(7)26(23(35)16-30)21(20-17-37-19-38-18-20)14-25-32(5)15-22-27(39-40-28(22)36)31(3,4)24(32)8-9-33(25,34)6/h17-19,23-25H,8-16H2,1-7H3,(H,41,42)(H3,36,39,40)/t23?,24?,25?,32-,33+,34+,35-/m0/s1. The van der Waals surface area contributed by atoms with Crippen LogP contribution in [0.1, 0.15) is 117 Å².